The SMILES string of the molecule is COc1cccc2c1CCC2Nc1cnn(-c2ccc([N+](=O)[O-])cc2)c(=O)c1Cl. The van der Waals surface area contributed by atoms with Crippen molar-refractivity contribution in [3.63, 3.8) is 0 Å². The minimum atomic E-state index is -0.506. The zero-order valence-corrected chi connectivity index (χ0v) is 16.2. The molecule has 148 valence electrons. The Hall–Kier alpha value is -3.39. The smallest absolute Gasteiger partial charge is 0.292 e. The van der Waals surface area contributed by atoms with Crippen LogP contribution in [-0.2, 0) is 6.42 Å². The van der Waals surface area contributed by atoms with E-state index in [1.54, 1.807) is 7.11 Å². The topological polar surface area (TPSA) is 99.3 Å². The quantitative estimate of drug-likeness (QED) is 0.504. The molecule has 2 aromatic carbocycles. The second kappa shape index (κ2) is 7.56. The number of non-ortho nitro benzene ring substituents is 1. The van der Waals surface area contributed by atoms with Crippen LogP contribution in [0.4, 0.5) is 11.4 Å². The fraction of sp³-hybridized carbons (Fsp3) is 0.200. The number of fused-ring (bicyclic) bond motifs is 1. The zero-order chi connectivity index (χ0) is 20.5. The molecule has 1 N–H and O–H groups in total. The van der Waals surface area contributed by atoms with E-state index in [0.717, 1.165) is 34.4 Å². The normalized spacial score (nSPS) is 15.0. The van der Waals surface area contributed by atoms with E-state index in [2.05, 4.69) is 10.4 Å². The van der Waals surface area contributed by atoms with Crippen LogP contribution in [0.15, 0.2) is 53.5 Å². The summed E-state index contributed by atoms with van der Waals surface area (Å²) in [4.78, 5) is 23.0. The van der Waals surface area contributed by atoms with Gasteiger partial charge in [-0.25, -0.2) is 0 Å². The van der Waals surface area contributed by atoms with Crippen molar-refractivity contribution in [2.75, 3.05) is 12.4 Å². The Bertz CT molecular complexity index is 1140. The molecule has 0 saturated heterocycles. The summed E-state index contributed by atoms with van der Waals surface area (Å²) < 4.78 is 6.54. The molecule has 9 heteroatoms. The second-order valence-electron chi connectivity index (χ2n) is 6.63. The zero-order valence-electron chi connectivity index (χ0n) is 15.5. The summed E-state index contributed by atoms with van der Waals surface area (Å²) in [5.41, 5.74) is 2.52. The second-order valence-corrected chi connectivity index (χ2v) is 7.00. The van der Waals surface area contributed by atoms with E-state index < -0.39 is 10.5 Å². The fourth-order valence-corrected chi connectivity index (χ4v) is 3.77. The molecule has 1 unspecified atom stereocenters. The predicted molar refractivity (Wildman–Crippen MR) is 109 cm³/mol. The van der Waals surface area contributed by atoms with Gasteiger partial charge in [-0.15, -0.1) is 0 Å². The van der Waals surface area contributed by atoms with Crippen molar-refractivity contribution in [1.29, 1.82) is 0 Å². The van der Waals surface area contributed by atoms with Gasteiger partial charge in [0, 0.05) is 12.1 Å². The summed E-state index contributed by atoms with van der Waals surface area (Å²) >= 11 is 6.33. The van der Waals surface area contributed by atoms with Gasteiger partial charge in [-0.2, -0.15) is 9.78 Å². The third-order valence-corrected chi connectivity index (χ3v) is 5.37. The first-order chi connectivity index (χ1) is 14.0. The van der Waals surface area contributed by atoms with E-state index in [-0.39, 0.29) is 16.8 Å². The molecule has 0 aliphatic heterocycles. The summed E-state index contributed by atoms with van der Waals surface area (Å²) in [6, 6.07) is 11.4. The van der Waals surface area contributed by atoms with E-state index in [1.807, 2.05) is 18.2 Å². The Morgan fingerprint density at radius 3 is 2.72 bits per heavy atom. The predicted octanol–water partition coefficient (Wildman–Crippen LogP) is 3.90. The van der Waals surface area contributed by atoms with Crippen molar-refractivity contribution in [2.24, 2.45) is 0 Å². The van der Waals surface area contributed by atoms with E-state index in [0.29, 0.717) is 11.4 Å². The Labute approximate surface area is 170 Å². The lowest BCUT2D eigenvalue weighted by atomic mass is 10.1. The number of halogens is 1. The molecule has 0 fully saturated rings. The fourth-order valence-electron chi connectivity index (χ4n) is 3.58. The minimum absolute atomic E-state index is 0.00553. The van der Waals surface area contributed by atoms with Crippen molar-refractivity contribution < 1.29 is 9.66 Å². The lowest BCUT2D eigenvalue weighted by molar-refractivity contribution is -0.384. The van der Waals surface area contributed by atoms with Crippen LogP contribution in [0, 0.1) is 10.1 Å². The maximum Gasteiger partial charge on any atom is 0.292 e. The molecule has 0 amide bonds. The molecule has 1 aromatic heterocycles. The molecule has 0 bridgehead atoms. The Balaban J connectivity index is 1.63. The molecule has 1 heterocycles. The number of methoxy groups -OCH3 is 1. The number of nitrogens with one attached hydrogen (secondary N) is 1. The first kappa shape index (κ1) is 18.9. The molecule has 1 aliphatic rings. The number of anilines is 1. The first-order valence-corrected chi connectivity index (χ1v) is 9.32. The Morgan fingerprint density at radius 2 is 2.03 bits per heavy atom. The number of ether oxygens (including phenoxy) is 1. The highest BCUT2D eigenvalue weighted by Crippen LogP contribution is 2.39. The number of nitro groups is 1. The average Bonchev–Trinajstić information content (AvgIpc) is 3.14. The van der Waals surface area contributed by atoms with Gasteiger partial charge in [-0.05, 0) is 42.2 Å². The number of benzene rings is 2. The van der Waals surface area contributed by atoms with Crippen molar-refractivity contribution in [3.05, 3.63) is 85.3 Å². The third kappa shape index (κ3) is 3.42. The number of nitrogens with zero attached hydrogens (tertiary/aromatic N) is 3. The summed E-state index contributed by atoms with van der Waals surface area (Å²) in [5, 5.41) is 18.3. The molecular weight excluding hydrogens is 396 g/mol. The van der Waals surface area contributed by atoms with Gasteiger partial charge in [0.05, 0.1) is 35.6 Å². The lowest BCUT2D eigenvalue weighted by Gasteiger charge is -2.17. The minimum Gasteiger partial charge on any atom is -0.496 e. The van der Waals surface area contributed by atoms with E-state index >= 15 is 0 Å². The van der Waals surface area contributed by atoms with Crippen LogP contribution in [-0.4, -0.2) is 21.8 Å². The largest absolute Gasteiger partial charge is 0.496 e. The monoisotopic (exact) mass is 412 g/mol. The number of hydrogen-bond acceptors (Lipinski definition) is 6. The number of hydrogen-bond donors (Lipinski definition) is 1. The van der Waals surface area contributed by atoms with Gasteiger partial charge in [0.2, 0.25) is 0 Å². The molecular formula is C20H17ClN4O4. The van der Waals surface area contributed by atoms with Crippen LogP contribution in [0.5, 0.6) is 5.75 Å². The molecule has 29 heavy (non-hydrogen) atoms. The summed E-state index contributed by atoms with van der Waals surface area (Å²) in [6.07, 6.45) is 3.20. The third-order valence-electron chi connectivity index (χ3n) is 5.00. The highest BCUT2D eigenvalue weighted by molar-refractivity contribution is 6.33. The summed E-state index contributed by atoms with van der Waals surface area (Å²) in [7, 11) is 1.65. The van der Waals surface area contributed by atoms with Crippen LogP contribution >= 0.6 is 11.6 Å². The highest BCUT2D eigenvalue weighted by atomic mass is 35.5. The van der Waals surface area contributed by atoms with Gasteiger partial charge >= 0.3 is 0 Å². The van der Waals surface area contributed by atoms with E-state index in [9.17, 15) is 14.9 Å². The number of rotatable bonds is 5. The lowest BCUT2D eigenvalue weighted by Crippen LogP contribution is -2.23. The van der Waals surface area contributed by atoms with Gasteiger partial charge in [0.25, 0.3) is 11.2 Å². The molecule has 0 radical (unpaired) electrons. The van der Waals surface area contributed by atoms with Crippen LogP contribution in [0.2, 0.25) is 5.02 Å². The maximum atomic E-state index is 12.7. The van der Waals surface area contributed by atoms with Crippen LogP contribution in [0.1, 0.15) is 23.6 Å². The van der Waals surface area contributed by atoms with Gasteiger partial charge in [0.1, 0.15) is 10.8 Å². The molecule has 1 atom stereocenters. The van der Waals surface area contributed by atoms with Crippen molar-refractivity contribution in [3.8, 4) is 11.4 Å². The number of nitro benzene ring substituents is 1. The van der Waals surface area contributed by atoms with Crippen LogP contribution in [0.3, 0.4) is 0 Å². The standard InChI is InChI=1S/C20H17ClN4O4/c1-29-18-4-2-3-14-15(18)9-10-16(14)23-17-11-22-24(20(26)19(17)21)12-5-7-13(8-6-12)25(27)28/h2-8,11,16,23H,9-10H2,1H3. The molecule has 3 aromatic rings. The molecule has 0 saturated carbocycles. The highest BCUT2D eigenvalue weighted by Gasteiger charge is 2.26. The van der Waals surface area contributed by atoms with Gasteiger partial charge in [-0.3, -0.25) is 14.9 Å². The van der Waals surface area contributed by atoms with Gasteiger partial charge in [-0.1, -0.05) is 23.7 Å². The Kier molecular flexibility index (Phi) is 4.94. The van der Waals surface area contributed by atoms with Gasteiger partial charge < -0.3 is 10.1 Å². The number of aromatic nitrogens is 2. The van der Waals surface area contributed by atoms with E-state index in [1.165, 1.54) is 30.5 Å². The molecule has 1 aliphatic carbocycles. The van der Waals surface area contributed by atoms with Crippen LogP contribution < -0.4 is 15.6 Å². The Morgan fingerprint density at radius 1 is 1.28 bits per heavy atom. The summed E-state index contributed by atoms with van der Waals surface area (Å²) in [5.74, 6) is 0.851. The van der Waals surface area contributed by atoms with Gasteiger partial charge in [0.15, 0.2) is 0 Å². The summed E-state index contributed by atoms with van der Waals surface area (Å²) in [6.45, 7) is 0. The average molecular weight is 413 g/mol. The van der Waals surface area contributed by atoms with Crippen molar-refractivity contribution in [2.45, 2.75) is 18.9 Å². The molecule has 0 spiro atoms. The van der Waals surface area contributed by atoms with E-state index in [4.69, 9.17) is 16.3 Å². The van der Waals surface area contributed by atoms with Crippen LogP contribution in [0.25, 0.3) is 5.69 Å². The molecule has 8 nitrogen and oxygen atoms in total. The first-order valence-electron chi connectivity index (χ1n) is 8.94. The van der Waals surface area contributed by atoms with Crippen molar-refractivity contribution >= 4 is 23.0 Å². The molecule has 4 rings (SSSR count). The maximum absolute atomic E-state index is 12.7. The van der Waals surface area contributed by atoms with Crippen molar-refractivity contribution in [1.82, 2.24) is 9.78 Å².